The van der Waals surface area contributed by atoms with Crippen LogP contribution < -0.4 is 5.73 Å². The van der Waals surface area contributed by atoms with Gasteiger partial charge in [0, 0.05) is 30.6 Å². The first-order valence-corrected chi connectivity index (χ1v) is 5.13. The first kappa shape index (κ1) is 10.5. The van der Waals surface area contributed by atoms with E-state index in [2.05, 4.69) is 0 Å². The lowest BCUT2D eigenvalue weighted by Gasteiger charge is -1.98. The van der Waals surface area contributed by atoms with Crippen LogP contribution in [0.1, 0.15) is 12.0 Å². The summed E-state index contributed by atoms with van der Waals surface area (Å²) in [6, 6.07) is 5.23. The smallest absolute Gasteiger partial charge is 0.217 e. The van der Waals surface area contributed by atoms with Crippen LogP contribution in [0.2, 0.25) is 0 Å². The molecule has 0 saturated carbocycles. The summed E-state index contributed by atoms with van der Waals surface area (Å²) < 4.78 is 1.98. The van der Waals surface area contributed by atoms with E-state index in [9.17, 15) is 9.90 Å². The minimum absolute atomic E-state index is 0.235. The molecule has 1 heterocycles. The molecule has 2 rings (SSSR count). The van der Waals surface area contributed by atoms with Crippen LogP contribution in [-0.4, -0.2) is 15.6 Å². The minimum atomic E-state index is -0.308. The number of aryl methyl sites for hydroxylation is 2. The normalized spacial score (nSPS) is 10.8. The van der Waals surface area contributed by atoms with Crippen LogP contribution in [0, 0.1) is 0 Å². The molecule has 1 aromatic heterocycles. The molecule has 0 radical (unpaired) electrons. The number of fused-ring (bicyclic) bond motifs is 1. The molecule has 0 saturated heterocycles. The molecule has 0 spiro atoms. The Kier molecular flexibility index (Phi) is 2.56. The molecule has 1 aromatic carbocycles. The fraction of sp³-hybridized carbons (Fsp3) is 0.250. The number of carbonyl (C=O) groups excluding carboxylic acids is 1. The van der Waals surface area contributed by atoms with Crippen molar-refractivity contribution in [3.8, 4) is 5.75 Å². The standard InChI is InChI=1S/C12H14N2O2/c1-14-7-8(2-5-12(13)16)10-6-9(15)3-4-11(10)14/h3-4,6-7,15H,2,5H2,1H3,(H2,13,16). The number of aromatic nitrogens is 1. The lowest BCUT2D eigenvalue weighted by Crippen LogP contribution is -2.10. The van der Waals surface area contributed by atoms with Gasteiger partial charge in [0.2, 0.25) is 5.91 Å². The highest BCUT2D eigenvalue weighted by Gasteiger charge is 2.08. The predicted molar refractivity (Wildman–Crippen MR) is 62.1 cm³/mol. The SMILES string of the molecule is Cn1cc(CCC(N)=O)c2cc(O)ccc21. The van der Waals surface area contributed by atoms with E-state index in [-0.39, 0.29) is 11.7 Å². The van der Waals surface area contributed by atoms with Crippen molar-refractivity contribution >= 4 is 16.8 Å². The zero-order valence-electron chi connectivity index (χ0n) is 9.10. The number of carbonyl (C=O) groups is 1. The molecule has 0 aliphatic heterocycles. The number of benzene rings is 1. The number of nitrogens with two attached hydrogens (primary N) is 1. The van der Waals surface area contributed by atoms with Crippen molar-refractivity contribution in [3.05, 3.63) is 30.0 Å². The zero-order valence-corrected chi connectivity index (χ0v) is 9.10. The van der Waals surface area contributed by atoms with Crippen molar-refractivity contribution in [1.29, 1.82) is 0 Å². The molecule has 3 N–H and O–H groups in total. The van der Waals surface area contributed by atoms with Gasteiger partial charge in [-0.1, -0.05) is 0 Å². The van der Waals surface area contributed by atoms with Gasteiger partial charge in [0.25, 0.3) is 0 Å². The number of phenolic OH excluding ortho intramolecular Hbond substituents is 1. The van der Waals surface area contributed by atoms with Crippen molar-refractivity contribution < 1.29 is 9.90 Å². The van der Waals surface area contributed by atoms with Gasteiger partial charge in [0.1, 0.15) is 5.75 Å². The molecule has 2 aromatic rings. The Morgan fingerprint density at radius 2 is 2.25 bits per heavy atom. The number of primary amides is 1. The number of nitrogens with zero attached hydrogens (tertiary/aromatic N) is 1. The Labute approximate surface area is 93.3 Å². The quantitative estimate of drug-likeness (QED) is 0.815. The Morgan fingerprint density at radius 1 is 1.50 bits per heavy atom. The summed E-state index contributed by atoms with van der Waals surface area (Å²) in [7, 11) is 1.94. The molecule has 0 fully saturated rings. The first-order valence-electron chi connectivity index (χ1n) is 5.13. The summed E-state index contributed by atoms with van der Waals surface area (Å²) in [4.78, 5) is 10.7. The van der Waals surface area contributed by atoms with Crippen LogP contribution in [0.25, 0.3) is 10.9 Å². The van der Waals surface area contributed by atoms with Gasteiger partial charge in [-0.2, -0.15) is 0 Å². The lowest BCUT2D eigenvalue weighted by atomic mass is 10.1. The molecule has 4 nitrogen and oxygen atoms in total. The topological polar surface area (TPSA) is 68.2 Å². The summed E-state index contributed by atoms with van der Waals surface area (Å²) >= 11 is 0. The second kappa shape index (κ2) is 3.89. The van der Waals surface area contributed by atoms with E-state index in [0.717, 1.165) is 16.5 Å². The van der Waals surface area contributed by atoms with Crippen molar-refractivity contribution in [3.63, 3.8) is 0 Å². The molecule has 0 atom stereocenters. The van der Waals surface area contributed by atoms with E-state index >= 15 is 0 Å². The highest BCUT2D eigenvalue weighted by Crippen LogP contribution is 2.25. The maximum atomic E-state index is 10.7. The Hall–Kier alpha value is -1.97. The number of rotatable bonds is 3. The largest absolute Gasteiger partial charge is 0.508 e. The third kappa shape index (κ3) is 1.86. The van der Waals surface area contributed by atoms with Crippen LogP contribution in [0.5, 0.6) is 5.75 Å². The Bertz CT molecular complexity index is 543. The van der Waals surface area contributed by atoms with E-state index < -0.39 is 0 Å². The number of amides is 1. The number of aromatic hydroxyl groups is 1. The fourth-order valence-electron chi connectivity index (χ4n) is 1.92. The minimum Gasteiger partial charge on any atom is -0.508 e. The molecule has 0 bridgehead atoms. The fourth-order valence-corrected chi connectivity index (χ4v) is 1.92. The van der Waals surface area contributed by atoms with E-state index in [1.165, 1.54) is 0 Å². The van der Waals surface area contributed by atoms with Crippen molar-refractivity contribution in [2.75, 3.05) is 0 Å². The summed E-state index contributed by atoms with van der Waals surface area (Å²) in [5.74, 6) is -0.0730. The maximum Gasteiger partial charge on any atom is 0.217 e. The van der Waals surface area contributed by atoms with E-state index in [1.54, 1.807) is 12.1 Å². The zero-order chi connectivity index (χ0) is 11.7. The molecule has 4 heteroatoms. The van der Waals surface area contributed by atoms with Gasteiger partial charge in [0.15, 0.2) is 0 Å². The van der Waals surface area contributed by atoms with Crippen LogP contribution in [0.3, 0.4) is 0 Å². The summed E-state index contributed by atoms with van der Waals surface area (Å²) in [6.45, 7) is 0. The first-order chi connectivity index (χ1) is 7.58. The van der Waals surface area contributed by atoms with Crippen LogP contribution >= 0.6 is 0 Å². The third-order valence-electron chi connectivity index (χ3n) is 2.70. The van der Waals surface area contributed by atoms with Crippen LogP contribution in [0.15, 0.2) is 24.4 Å². The van der Waals surface area contributed by atoms with Gasteiger partial charge < -0.3 is 15.4 Å². The van der Waals surface area contributed by atoms with E-state index in [0.29, 0.717) is 12.8 Å². The number of hydrogen-bond acceptors (Lipinski definition) is 2. The van der Waals surface area contributed by atoms with Crippen LogP contribution in [0.4, 0.5) is 0 Å². The van der Waals surface area contributed by atoms with Gasteiger partial charge in [-0.3, -0.25) is 4.79 Å². The number of phenols is 1. The molecule has 1 amide bonds. The predicted octanol–water partition coefficient (Wildman–Crippen LogP) is 1.30. The second-order valence-corrected chi connectivity index (χ2v) is 3.93. The summed E-state index contributed by atoms with van der Waals surface area (Å²) in [5, 5.41) is 10.4. The molecule has 0 aliphatic rings. The van der Waals surface area contributed by atoms with Crippen molar-refractivity contribution in [2.24, 2.45) is 12.8 Å². The van der Waals surface area contributed by atoms with Gasteiger partial charge in [-0.15, -0.1) is 0 Å². The van der Waals surface area contributed by atoms with Crippen molar-refractivity contribution in [1.82, 2.24) is 4.57 Å². The lowest BCUT2D eigenvalue weighted by molar-refractivity contribution is -0.117. The molecular formula is C12H14N2O2. The van der Waals surface area contributed by atoms with Gasteiger partial charge in [-0.25, -0.2) is 0 Å². The molecule has 84 valence electrons. The van der Waals surface area contributed by atoms with Crippen molar-refractivity contribution in [2.45, 2.75) is 12.8 Å². The molecule has 16 heavy (non-hydrogen) atoms. The molecule has 0 unspecified atom stereocenters. The van der Waals surface area contributed by atoms with Gasteiger partial charge in [-0.05, 0) is 30.2 Å². The second-order valence-electron chi connectivity index (χ2n) is 3.93. The van der Waals surface area contributed by atoms with Gasteiger partial charge in [0.05, 0.1) is 0 Å². The number of hydrogen-bond donors (Lipinski definition) is 2. The van der Waals surface area contributed by atoms with Crippen LogP contribution in [-0.2, 0) is 18.3 Å². The summed E-state index contributed by atoms with van der Waals surface area (Å²) in [5.41, 5.74) is 7.20. The van der Waals surface area contributed by atoms with Gasteiger partial charge >= 0.3 is 0 Å². The Balaban J connectivity index is 2.44. The average molecular weight is 218 g/mol. The summed E-state index contributed by atoms with van der Waals surface area (Å²) in [6.07, 6.45) is 2.90. The monoisotopic (exact) mass is 218 g/mol. The van der Waals surface area contributed by atoms with E-state index in [1.807, 2.05) is 23.9 Å². The van der Waals surface area contributed by atoms with E-state index in [4.69, 9.17) is 5.73 Å². The maximum absolute atomic E-state index is 10.7. The molecular weight excluding hydrogens is 204 g/mol. The highest BCUT2D eigenvalue weighted by atomic mass is 16.3. The Morgan fingerprint density at radius 3 is 2.94 bits per heavy atom. The average Bonchev–Trinajstić information content (AvgIpc) is 2.52. The highest BCUT2D eigenvalue weighted by molar-refractivity contribution is 5.86. The third-order valence-corrected chi connectivity index (χ3v) is 2.70. The molecule has 0 aliphatic carbocycles.